The first kappa shape index (κ1) is 20.1. The SMILES string of the molecule is CC(C)N1CCC(CNC(=O)N(Cc2ccc(O)cc2)Cc2cccnc2)C1. The van der Waals surface area contributed by atoms with Crippen molar-refractivity contribution in [3.63, 3.8) is 0 Å². The summed E-state index contributed by atoms with van der Waals surface area (Å²) < 4.78 is 0. The molecular formula is C22H30N4O2. The lowest BCUT2D eigenvalue weighted by molar-refractivity contribution is 0.190. The monoisotopic (exact) mass is 382 g/mol. The third kappa shape index (κ3) is 5.70. The van der Waals surface area contributed by atoms with E-state index in [-0.39, 0.29) is 11.8 Å². The Hall–Kier alpha value is -2.60. The summed E-state index contributed by atoms with van der Waals surface area (Å²) in [5.74, 6) is 0.725. The minimum atomic E-state index is -0.0695. The molecule has 2 heterocycles. The van der Waals surface area contributed by atoms with Crippen molar-refractivity contribution in [1.29, 1.82) is 0 Å². The molecule has 1 aromatic carbocycles. The highest BCUT2D eigenvalue weighted by Gasteiger charge is 2.25. The summed E-state index contributed by atoms with van der Waals surface area (Å²) in [5.41, 5.74) is 1.96. The average Bonchev–Trinajstić information content (AvgIpc) is 3.17. The van der Waals surface area contributed by atoms with Crippen molar-refractivity contribution >= 4 is 6.03 Å². The summed E-state index contributed by atoms with van der Waals surface area (Å²) in [5, 5.41) is 12.6. The van der Waals surface area contributed by atoms with Crippen LogP contribution in [0, 0.1) is 5.92 Å². The number of phenols is 1. The van der Waals surface area contributed by atoms with Crippen molar-refractivity contribution in [2.24, 2.45) is 5.92 Å². The number of aromatic nitrogens is 1. The third-order valence-electron chi connectivity index (χ3n) is 5.28. The maximum absolute atomic E-state index is 12.9. The summed E-state index contributed by atoms with van der Waals surface area (Å²) in [6, 6.07) is 11.3. The molecular weight excluding hydrogens is 352 g/mol. The molecule has 0 bridgehead atoms. The lowest BCUT2D eigenvalue weighted by atomic mass is 10.1. The van der Waals surface area contributed by atoms with Gasteiger partial charge in [0, 0.05) is 44.6 Å². The maximum atomic E-state index is 12.9. The first-order valence-corrected chi connectivity index (χ1v) is 9.95. The highest BCUT2D eigenvalue weighted by molar-refractivity contribution is 5.74. The van der Waals surface area contributed by atoms with E-state index in [1.165, 1.54) is 0 Å². The average molecular weight is 383 g/mol. The zero-order chi connectivity index (χ0) is 19.9. The summed E-state index contributed by atoms with van der Waals surface area (Å²) in [4.78, 5) is 21.3. The van der Waals surface area contributed by atoms with E-state index >= 15 is 0 Å². The molecule has 28 heavy (non-hydrogen) atoms. The number of pyridine rings is 1. The van der Waals surface area contributed by atoms with Crippen LogP contribution < -0.4 is 5.32 Å². The lowest BCUT2D eigenvalue weighted by Crippen LogP contribution is -2.41. The molecule has 3 rings (SSSR count). The van der Waals surface area contributed by atoms with Crippen LogP contribution in [0.25, 0.3) is 0 Å². The molecule has 2 N–H and O–H groups in total. The highest BCUT2D eigenvalue weighted by atomic mass is 16.3. The zero-order valence-electron chi connectivity index (χ0n) is 16.7. The van der Waals surface area contributed by atoms with Crippen molar-refractivity contribution in [1.82, 2.24) is 20.1 Å². The van der Waals surface area contributed by atoms with Crippen LogP contribution in [-0.2, 0) is 13.1 Å². The molecule has 1 fully saturated rings. The van der Waals surface area contributed by atoms with E-state index in [0.717, 1.165) is 30.6 Å². The van der Waals surface area contributed by atoms with Crippen molar-refractivity contribution in [2.75, 3.05) is 19.6 Å². The Bertz CT molecular complexity index is 749. The molecule has 1 atom stereocenters. The molecule has 0 radical (unpaired) electrons. The molecule has 1 aliphatic heterocycles. The van der Waals surface area contributed by atoms with Crippen LogP contribution in [0.5, 0.6) is 5.75 Å². The van der Waals surface area contributed by atoms with Gasteiger partial charge in [0.25, 0.3) is 0 Å². The number of benzene rings is 1. The van der Waals surface area contributed by atoms with Crippen LogP contribution in [0.1, 0.15) is 31.4 Å². The molecule has 0 aliphatic carbocycles. The van der Waals surface area contributed by atoms with Gasteiger partial charge in [0.15, 0.2) is 0 Å². The number of carbonyl (C=O) groups excluding carboxylic acids is 1. The molecule has 150 valence electrons. The van der Waals surface area contributed by atoms with Gasteiger partial charge in [0.1, 0.15) is 5.75 Å². The van der Waals surface area contributed by atoms with Gasteiger partial charge in [-0.3, -0.25) is 4.98 Å². The second kappa shape index (κ2) is 9.55. The minimum absolute atomic E-state index is 0.0695. The van der Waals surface area contributed by atoms with E-state index in [2.05, 4.69) is 29.0 Å². The molecule has 1 aromatic heterocycles. The zero-order valence-corrected chi connectivity index (χ0v) is 16.7. The van der Waals surface area contributed by atoms with Crippen LogP contribution in [-0.4, -0.2) is 51.6 Å². The number of nitrogens with zero attached hydrogens (tertiary/aromatic N) is 3. The van der Waals surface area contributed by atoms with Crippen molar-refractivity contribution in [2.45, 2.75) is 39.4 Å². The van der Waals surface area contributed by atoms with E-state index < -0.39 is 0 Å². The van der Waals surface area contributed by atoms with Gasteiger partial charge in [-0.25, -0.2) is 4.79 Å². The quantitative estimate of drug-likeness (QED) is 0.771. The Morgan fingerprint density at radius 3 is 2.64 bits per heavy atom. The molecule has 1 saturated heterocycles. The van der Waals surface area contributed by atoms with Gasteiger partial charge < -0.3 is 20.2 Å². The summed E-state index contributed by atoms with van der Waals surface area (Å²) >= 11 is 0. The van der Waals surface area contributed by atoms with Gasteiger partial charge in [0.05, 0.1) is 0 Å². The Labute approximate surface area is 167 Å². The Morgan fingerprint density at radius 2 is 2.00 bits per heavy atom. The maximum Gasteiger partial charge on any atom is 0.318 e. The topological polar surface area (TPSA) is 68.7 Å². The van der Waals surface area contributed by atoms with Crippen molar-refractivity contribution < 1.29 is 9.90 Å². The summed E-state index contributed by atoms with van der Waals surface area (Å²) in [6.45, 7) is 8.24. The van der Waals surface area contributed by atoms with Crippen LogP contribution in [0.4, 0.5) is 4.79 Å². The number of phenolic OH excluding ortho intramolecular Hbond substituents is 1. The number of likely N-dealkylation sites (tertiary alicyclic amines) is 1. The Morgan fingerprint density at radius 1 is 1.25 bits per heavy atom. The van der Waals surface area contributed by atoms with Gasteiger partial charge in [-0.1, -0.05) is 18.2 Å². The normalized spacial score (nSPS) is 17.0. The van der Waals surface area contributed by atoms with E-state index in [4.69, 9.17) is 0 Å². The van der Waals surface area contributed by atoms with E-state index in [1.54, 1.807) is 29.4 Å². The van der Waals surface area contributed by atoms with Crippen LogP contribution in [0.15, 0.2) is 48.8 Å². The largest absolute Gasteiger partial charge is 0.508 e. The highest BCUT2D eigenvalue weighted by Crippen LogP contribution is 2.18. The molecule has 1 aliphatic rings. The number of urea groups is 1. The second-order valence-electron chi connectivity index (χ2n) is 7.81. The minimum Gasteiger partial charge on any atom is -0.508 e. The van der Waals surface area contributed by atoms with E-state index in [1.807, 2.05) is 24.3 Å². The smallest absolute Gasteiger partial charge is 0.318 e. The molecule has 0 spiro atoms. The van der Waals surface area contributed by atoms with Crippen LogP contribution in [0.3, 0.4) is 0 Å². The fraction of sp³-hybridized carbons (Fsp3) is 0.455. The molecule has 2 aromatic rings. The number of nitrogens with one attached hydrogen (secondary N) is 1. The number of hydrogen-bond acceptors (Lipinski definition) is 4. The summed E-state index contributed by atoms with van der Waals surface area (Å²) in [6.07, 6.45) is 4.64. The fourth-order valence-electron chi connectivity index (χ4n) is 3.57. The molecule has 0 saturated carbocycles. The number of hydrogen-bond donors (Lipinski definition) is 2. The summed E-state index contributed by atoms with van der Waals surface area (Å²) in [7, 11) is 0. The molecule has 6 heteroatoms. The Kier molecular flexibility index (Phi) is 6.87. The predicted molar refractivity (Wildman–Crippen MR) is 110 cm³/mol. The predicted octanol–water partition coefficient (Wildman–Crippen LogP) is 3.23. The van der Waals surface area contributed by atoms with Crippen molar-refractivity contribution in [3.05, 3.63) is 59.9 Å². The van der Waals surface area contributed by atoms with Gasteiger partial charge in [-0.15, -0.1) is 0 Å². The van der Waals surface area contributed by atoms with Crippen molar-refractivity contribution in [3.8, 4) is 5.75 Å². The lowest BCUT2D eigenvalue weighted by Gasteiger charge is -2.25. The number of amides is 2. The van der Waals surface area contributed by atoms with Crippen LogP contribution >= 0.6 is 0 Å². The first-order valence-electron chi connectivity index (χ1n) is 9.95. The third-order valence-corrected chi connectivity index (χ3v) is 5.28. The first-order chi connectivity index (χ1) is 13.5. The van der Waals surface area contributed by atoms with Crippen LogP contribution in [0.2, 0.25) is 0 Å². The van der Waals surface area contributed by atoms with E-state index in [9.17, 15) is 9.90 Å². The number of rotatable bonds is 7. The van der Waals surface area contributed by atoms with Gasteiger partial charge in [0.2, 0.25) is 0 Å². The number of carbonyl (C=O) groups is 1. The Balaban J connectivity index is 1.61. The van der Waals surface area contributed by atoms with E-state index in [0.29, 0.717) is 31.6 Å². The molecule has 1 unspecified atom stereocenters. The van der Waals surface area contributed by atoms with Gasteiger partial charge >= 0.3 is 6.03 Å². The fourth-order valence-corrected chi connectivity index (χ4v) is 3.57. The second-order valence-corrected chi connectivity index (χ2v) is 7.81. The van der Waals surface area contributed by atoms with Gasteiger partial charge in [-0.2, -0.15) is 0 Å². The van der Waals surface area contributed by atoms with Gasteiger partial charge in [-0.05, 0) is 62.1 Å². The number of aromatic hydroxyl groups is 1. The molecule has 2 amide bonds. The molecule has 6 nitrogen and oxygen atoms in total. The standard InChI is InChI=1S/C22H30N4O2/c1-17(2)25-11-9-20(15-25)13-24-22(28)26(16-19-4-3-10-23-12-19)14-18-5-7-21(27)8-6-18/h3-8,10,12,17,20,27H,9,11,13-16H2,1-2H3,(H,24,28).